The number of carboxylic acids is 1. The van der Waals surface area contributed by atoms with Crippen LogP contribution in [-0.2, 0) is 20.0 Å². The number of anilines is 1. The quantitative estimate of drug-likeness (QED) is 0.129. The first kappa shape index (κ1) is 30.6. The summed E-state index contributed by atoms with van der Waals surface area (Å²) in [6, 6.07) is 33.0. The first-order valence-corrected chi connectivity index (χ1v) is 12.3. The Morgan fingerprint density at radius 3 is 1.65 bits per heavy atom. The number of hydrogen-bond donors (Lipinski definition) is 2. The number of carbonyl (C=O) groups is 2. The van der Waals surface area contributed by atoms with Crippen molar-refractivity contribution in [1.29, 1.82) is 0 Å². The van der Waals surface area contributed by atoms with Gasteiger partial charge in [0.2, 0.25) is 11.3 Å². The number of hydrogen-bond acceptors (Lipinski definition) is 6. The third-order valence-electron chi connectivity index (χ3n) is 5.64. The van der Waals surface area contributed by atoms with Gasteiger partial charge in [0.1, 0.15) is 17.1 Å². The zero-order valence-corrected chi connectivity index (χ0v) is 21.9. The number of benzene rings is 3. The molecule has 2 N–H and O–H groups in total. The second-order valence-electron chi connectivity index (χ2n) is 9.65. The van der Waals surface area contributed by atoms with Crippen molar-refractivity contribution < 1.29 is 24.3 Å². The standard InChI is InChI=1S/C31H29N3O5.Na.H/c1-30(2,3)38-29(37)33-26-21-13-20-25(32-26)27(28(35)36)34-39-31(22-14-7-4-8-15-22,23-16-9-5-10-17-23)24-18-11-6-12-19-24;;/h4-21H,1-3H3,(H,35,36)(H,32,33,37);;. The van der Waals surface area contributed by atoms with Gasteiger partial charge in [-0.05, 0) is 32.9 Å². The van der Waals surface area contributed by atoms with E-state index in [1.54, 1.807) is 26.8 Å². The topological polar surface area (TPSA) is 110 Å². The summed E-state index contributed by atoms with van der Waals surface area (Å²) in [5.74, 6) is -1.24. The summed E-state index contributed by atoms with van der Waals surface area (Å²) < 4.78 is 5.27. The fraction of sp³-hybridized carbons (Fsp3) is 0.161. The summed E-state index contributed by atoms with van der Waals surface area (Å²) in [5.41, 5.74) is -0.151. The average molecular weight is 548 g/mol. The molecule has 9 heteroatoms. The van der Waals surface area contributed by atoms with Gasteiger partial charge in [0.05, 0.1) is 0 Å². The molecule has 0 fully saturated rings. The summed E-state index contributed by atoms with van der Waals surface area (Å²) in [4.78, 5) is 35.2. The van der Waals surface area contributed by atoms with Gasteiger partial charge in [0.25, 0.3) is 0 Å². The monoisotopic (exact) mass is 547 g/mol. The molecule has 0 aliphatic heterocycles. The zero-order chi connectivity index (χ0) is 27.9. The Bertz CT molecular complexity index is 1360. The van der Waals surface area contributed by atoms with Crippen molar-refractivity contribution in [2.45, 2.75) is 32.0 Å². The Balaban J connectivity index is 0.00000441. The number of aromatic nitrogens is 1. The number of aliphatic carboxylic acids is 1. The van der Waals surface area contributed by atoms with E-state index in [9.17, 15) is 14.7 Å². The van der Waals surface area contributed by atoms with Gasteiger partial charge in [0, 0.05) is 16.7 Å². The van der Waals surface area contributed by atoms with Crippen LogP contribution in [0.1, 0.15) is 43.2 Å². The van der Waals surface area contributed by atoms with Crippen LogP contribution in [0.15, 0.2) is 114 Å². The van der Waals surface area contributed by atoms with Crippen LogP contribution in [0.4, 0.5) is 10.6 Å². The minimum atomic E-state index is -1.35. The van der Waals surface area contributed by atoms with Crippen molar-refractivity contribution >= 4 is 53.1 Å². The molecular weight excluding hydrogens is 517 g/mol. The number of nitrogens with zero attached hydrogens (tertiary/aromatic N) is 2. The molecular formula is C31H30N3NaO5. The third-order valence-corrected chi connectivity index (χ3v) is 5.64. The van der Waals surface area contributed by atoms with Crippen molar-refractivity contribution in [3.8, 4) is 0 Å². The van der Waals surface area contributed by atoms with Gasteiger partial charge in [-0.2, -0.15) is 0 Å². The summed E-state index contributed by atoms with van der Waals surface area (Å²) >= 11 is 0. The fourth-order valence-corrected chi connectivity index (χ4v) is 4.03. The Kier molecular flexibility index (Phi) is 10.2. The predicted molar refractivity (Wildman–Crippen MR) is 156 cm³/mol. The molecule has 1 aromatic heterocycles. The van der Waals surface area contributed by atoms with E-state index < -0.39 is 29.0 Å². The summed E-state index contributed by atoms with van der Waals surface area (Å²) in [6.07, 6.45) is -0.714. The molecule has 3 aromatic carbocycles. The van der Waals surface area contributed by atoms with E-state index in [1.807, 2.05) is 91.0 Å². The van der Waals surface area contributed by atoms with Gasteiger partial charge in [-0.1, -0.05) is 102 Å². The van der Waals surface area contributed by atoms with Crippen molar-refractivity contribution in [1.82, 2.24) is 4.98 Å². The van der Waals surface area contributed by atoms with Crippen LogP contribution in [-0.4, -0.2) is 63.0 Å². The number of pyridine rings is 1. The number of nitrogens with one attached hydrogen (secondary N) is 1. The molecule has 4 aromatic rings. The minimum absolute atomic E-state index is 0. The molecule has 0 aliphatic carbocycles. The number of oxime groups is 1. The van der Waals surface area contributed by atoms with Crippen LogP contribution >= 0.6 is 0 Å². The Morgan fingerprint density at radius 1 is 0.750 bits per heavy atom. The summed E-state index contributed by atoms with van der Waals surface area (Å²) in [5, 5.41) is 16.8. The van der Waals surface area contributed by atoms with Crippen LogP contribution in [0.2, 0.25) is 0 Å². The second-order valence-corrected chi connectivity index (χ2v) is 9.65. The molecule has 0 saturated carbocycles. The third kappa shape index (κ3) is 7.35. The number of carbonyl (C=O) groups excluding carboxylic acids is 1. The molecule has 0 unspecified atom stereocenters. The fourth-order valence-electron chi connectivity index (χ4n) is 4.03. The Hall–Kier alpha value is -3.98. The maximum absolute atomic E-state index is 12.4. The van der Waals surface area contributed by atoms with Crippen LogP contribution < -0.4 is 5.32 Å². The number of carboxylic acid groups (broad SMARTS) is 1. The van der Waals surface area contributed by atoms with Gasteiger partial charge in [-0.15, -0.1) is 0 Å². The van der Waals surface area contributed by atoms with Gasteiger partial charge in [-0.3, -0.25) is 5.32 Å². The van der Waals surface area contributed by atoms with Gasteiger partial charge < -0.3 is 14.7 Å². The second kappa shape index (κ2) is 13.4. The Morgan fingerprint density at radius 2 is 1.23 bits per heavy atom. The van der Waals surface area contributed by atoms with Crippen LogP contribution in [0, 0.1) is 0 Å². The zero-order valence-electron chi connectivity index (χ0n) is 21.9. The molecule has 1 amide bonds. The SMILES string of the molecule is CC(C)(C)OC(=O)Nc1cccc(C(=NOC(c2ccccc2)(c2ccccc2)c2ccccc2)C(=O)O)n1.[NaH]. The first-order chi connectivity index (χ1) is 18.7. The number of amides is 1. The van der Waals surface area contributed by atoms with E-state index in [-0.39, 0.29) is 41.1 Å². The molecule has 0 aliphatic rings. The molecule has 8 nitrogen and oxygen atoms in total. The maximum atomic E-state index is 12.4. The van der Waals surface area contributed by atoms with E-state index in [2.05, 4.69) is 15.5 Å². The predicted octanol–water partition coefficient (Wildman–Crippen LogP) is 5.58. The van der Waals surface area contributed by atoms with Crippen molar-refractivity contribution in [2.24, 2.45) is 5.16 Å². The Labute approximate surface area is 255 Å². The van der Waals surface area contributed by atoms with Crippen LogP contribution in [0.5, 0.6) is 0 Å². The molecule has 40 heavy (non-hydrogen) atoms. The van der Waals surface area contributed by atoms with E-state index in [0.717, 1.165) is 16.7 Å². The normalized spacial score (nSPS) is 11.6. The molecule has 4 rings (SSSR count). The molecule has 0 atom stereocenters. The van der Waals surface area contributed by atoms with Gasteiger partial charge >= 0.3 is 41.6 Å². The summed E-state index contributed by atoms with van der Waals surface area (Å²) in [6.45, 7) is 5.21. The number of ether oxygens (including phenoxy) is 1. The van der Waals surface area contributed by atoms with Crippen LogP contribution in [0.3, 0.4) is 0 Å². The van der Waals surface area contributed by atoms with Crippen LogP contribution in [0.25, 0.3) is 0 Å². The van der Waals surface area contributed by atoms with Crippen molar-refractivity contribution in [2.75, 3.05) is 5.32 Å². The molecule has 0 spiro atoms. The van der Waals surface area contributed by atoms with E-state index in [4.69, 9.17) is 9.57 Å². The molecule has 0 saturated heterocycles. The van der Waals surface area contributed by atoms with E-state index in [1.165, 1.54) is 12.1 Å². The molecule has 200 valence electrons. The number of rotatable bonds is 8. The van der Waals surface area contributed by atoms with E-state index in [0.29, 0.717) is 0 Å². The molecule has 1 heterocycles. The van der Waals surface area contributed by atoms with Gasteiger partial charge in [0.15, 0.2) is 0 Å². The molecule has 0 bridgehead atoms. The average Bonchev–Trinajstić information content (AvgIpc) is 2.91. The first-order valence-electron chi connectivity index (χ1n) is 12.3. The van der Waals surface area contributed by atoms with Gasteiger partial charge in [-0.25, -0.2) is 14.6 Å². The van der Waals surface area contributed by atoms with Crippen molar-refractivity contribution in [3.05, 3.63) is 132 Å². The van der Waals surface area contributed by atoms with E-state index >= 15 is 0 Å². The molecule has 0 radical (unpaired) electrons. The summed E-state index contributed by atoms with van der Waals surface area (Å²) in [7, 11) is 0. The van der Waals surface area contributed by atoms with Crippen molar-refractivity contribution in [3.63, 3.8) is 0 Å².